The molecule has 186 valence electrons. The SMILES string of the molecule is O=C([O-])C1=C(CSc2nnnn2CS(=O)(=O)[O-])CS[C@H]2[C@H](NC(=O)[C@@H](O)c3ccccc3)C(=O)N12.[Na+].[Na+]. The largest absolute Gasteiger partial charge is 1.00 e. The first-order valence-corrected chi connectivity index (χ1v) is 13.4. The fourth-order valence-electron chi connectivity index (χ4n) is 3.48. The molecule has 0 spiro atoms. The van der Waals surface area contributed by atoms with Crippen LogP contribution in [0.1, 0.15) is 11.7 Å². The average Bonchev–Trinajstić information content (AvgIpc) is 3.25. The Bertz CT molecular complexity index is 1310. The predicted molar refractivity (Wildman–Crippen MR) is 117 cm³/mol. The van der Waals surface area contributed by atoms with Crippen molar-refractivity contribution in [1.82, 2.24) is 30.4 Å². The first-order valence-electron chi connectivity index (χ1n) is 9.81. The molecular formula is C18H16N6Na2O8S3. The van der Waals surface area contributed by atoms with Gasteiger partial charge in [0.2, 0.25) is 5.16 Å². The Morgan fingerprint density at radius 2 is 1.95 bits per heavy atom. The minimum Gasteiger partial charge on any atom is -0.747 e. The average molecular weight is 587 g/mol. The van der Waals surface area contributed by atoms with E-state index in [1.54, 1.807) is 30.3 Å². The number of hydrogen-bond donors (Lipinski definition) is 2. The van der Waals surface area contributed by atoms with Crippen molar-refractivity contribution in [2.45, 2.75) is 28.6 Å². The van der Waals surface area contributed by atoms with Crippen LogP contribution < -0.4 is 69.5 Å². The number of carboxylic acid groups (broad SMARTS) is 1. The number of nitrogens with one attached hydrogen (secondary N) is 1. The molecule has 2 N–H and O–H groups in total. The van der Waals surface area contributed by atoms with Crippen LogP contribution in [0.5, 0.6) is 0 Å². The van der Waals surface area contributed by atoms with Gasteiger partial charge in [-0.2, -0.15) is 0 Å². The number of nitrogens with zero attached hydrogens (tertiary/aromatic N) is 5. The van der Waals surface area contributed by atoms with Crippen molar-refractivity contribution in [3.63, 3.8) is 0 Å². The summed E-state index contributed by atoms with van der Waals surface area (Å²) in [4.78, 5) is 38.0. The van der Waals surface area contributed by atoms with Gasteiger partial charge in [0.05, 0.1) is 11.7 Å². The van der Waals surface area contributed by atoms with Crippen LogP contribution in [0.2, 0.25) is 0 Å². The summed E-state index contributed by atoms with van der Waals surface area (Å²) in [5, 5.41) is 34.2. The van der Waals surface area contributed by atoms with E-state index < -0.39 is 51.3 Å². The van der Waals surface area contributed by atoms with Gasteiger partial charge < -0.3 is 24.9 Å². The summed E-state index contributed by atoms with van der Waals surface area (Å²) < 4.78 is 33.7. The Morgan fingerprint density at radius 3 is 2.57 bits per heavy atom. The van der Waals surface area contributed by atoms with Crippen LogP contribution in [0, 0.1) is 0 Å². The monoisotopic (exact) mass is 586 g/mol. The Kier molecular flexibility index (Phi) is 11.7. The van der Waals surface area contributed by atoms with Crippen LogP contribution in [-0.2, 0) is 30.4 Å². The van der Waals surface area contributed by atoms with Crippen LogP contribution in [0.25, 0.3) is 0 Å². The first kappa shape index (κ1) is 32.2. The third-order valence-electron chi connectivity index (χ3n) is 5.06. The molecule has 0 aliphatic carbocycles. The Balaban J connectivity index is 0.00000241. The van der Waals surface area contributed by atoms with Gasteiger partial charge in [-0.1, -0.05) is 42.1 Å². The fraction of sp³-hybridized carbons (Fsp3) is 0.333. The van der Waals surface area contributed by atoms with Gasteiger partial charge in [-0.25, -0.2) is 13.1 Å². The number of amides is 2. The van der Waals surface area contributed by atoms with Crippen molar-refractivity contribution in [3.05, 3.63) is 47.2 Å². The first-order chi connectivity index (χ1) is 16.6. The Hall–Kier alpha value is -0.990. The van der Waals surface area contributed by atoms with E-state index in [1.165, 1.54) is 11.8 Å². The van der Waals surface area contributed by atoms with Crippen molar-refractivity contribution in [2.75, 3.05) is 11.5 Å². The van der Waals surface area contributed by atoms with E-state index in [1.807, 2.05) is 0 Å². The number of carbonyl (C=O) groups excluding carboxylic acids is 3. The summed E-state index contributed by atoms with van der Waals surface area (Å²) >= 11 is 2.08. The number of aliphatic carboxylic acids is 1. The van der Waals surface area contributed by atoms with Gasteiger partial charge in [0, 0.05) is 11.5 Å². The number of rotatable bonds is 9. The van der Waals surface area contributed by atoms with Crippen LogP contribution >= 0.6 is 23.5 Å². The van der Waals surface area contributed by atoms with Gasteiger partial charge in [-0.3, -0.25) is 14.5 Å². The van der Waals surface area contributed by atoms with Gasteiger partial charge in [-0.05, 0) is 21.6 Å². The molecule has 0 unspecified atom stereocenters. The maximum absolute atomic E-state index is 12.7. The molecule has 2 aromatic rings. The van der Waals surface area contributed by atoms with Crippen molar-refractivity contribution in [1.29, 1.82) is 0 Å². The molecule has 3 atom stereocenters. The summed E-state index contributed by atoms with van der Waals surface area (Å²) in [6.07, 6.45) is -1.50. The Labute approximate surface area is 263 Å². The molecule has 37 heavy (non-hydrogen) atoms. The molecule has 19 heteroatoms. The molecule has 2 aliphatic heterocycles. The number of tetrazole rings is 1. The summed E-state index contributed by atoms with van der Waals surface area (Å²) in [7, 11) is -4.66. The quantitative estimate of drug-likeness (QED) is 0.121. The second-order valence-electron chi connectivity index (χ2n) is 7.39. The number of aromatic nitrogens is 4. The van der Waals surface area contributed by atoms with Gasteiger partial charge in [0.15, 0.2) is 6.10 Å². The number of aliphatic hydroxyl groups is 1. The van der Waals surface area contributed by atoms with Crippen LogP contribution in [0.3, 0.4) is 0 Å². The van der Waals surface area contributed by atoms with Crippen molar-refractivity contribution >= 4 is 51.4 Å². The third kappa shape index (κ3) is 7.36. The normalized spacial score (nSPS) is 19.6. The van der Waals surface area contributed by atoms with E-state index in [0.29, 0.717) is 11.1 Å². The third-order valence-corrected chi connectivity index (χ3v) is 8.00. The van der Waals surface area contributed by atoms with Crippen molar-refractivity contribution in [3.8, 4) is 0 Å². The van der Waals surface area contributed by atoms with Crippen LogP contribution in [0.4, 0.5) is 0 Å². The van der Waals surface area contributed by atoms with E-state index in [-0.39, 0.29) is 81.5 Å². The molecule has 4 rings (SSSR count). The standard InChI is InChI=1S/C18H18N6O8S3.2Na/c25-13(9-4-2-1-3-5-9)14(26)19-11-15(27)24-12(17(28)29)10(6-33-16(11)24)7-34-18-20-21-22-23(18)8-35(30,31)32;;/h1-5,11,13,16,25H,6-8H2,(H,19,26)(H,28,29)(H,30,31,32);;/q;2*+1/p-2/t11-,13+,16+;;/m1../s1. The number of benzene rings is 1. The van der Waals surface area contributed by atoms with E-state index in [2.05, 4.69) is 20.8 Å². The Morgan fingerprint density at radius 1 is 1.27 bits per heavy atom. The summed E-state index contributed by atoms with van der Waals surface area (Å²) in [5.74, 6) is -3.95. The molecule has 0 bridgehead atoms. The number of fused-ring (bicyclic) bond motifs is 1. The summed E-state index contributed by atoms with van der Waals surface area (Å²) in [6.45, 7) is 0. The topological polar surface area (TPSA) is 211 Å². The van der Waals surface area contributed by atoms with Crippen LogP contribution in [0.15, 0.2) is 46.8 Å². The number of carbonyl (C=O) groups is 3. The second-order valence-corrected chi connectivity index (χ2v) is 10.8. The molecule has 1 saturated heterocycles. The molecule has 2 aliphatic rings. The van der Waals surface area contributed by atoms with Crippen LogP contribution in [-0.4, -0.2) is 83.9 Å². The van der Waals surface area contributed by atoms with E-state index in [9.17, 15) is 37.6 Å². The van der Waals surface area contributed by atoms with Gasteiger partial charge in [-0.15, -0.1) is 16.9 Å². The van der Waals surface area contributed by atoms with Gasteiger partial charge in [0.25, 0.3) is 11.8 Å². The minimum absolute atomic E-state index is 0. The number of hydrogen-bond acceptors (Lipinski definition) is 13. The zero-order chi connectivity index (χ0) is 25.3. The molecule has 1 fully saturated rings. The van der Waals surface area contributed by atoms with E-state index in [0.717, 1.165) is 21.3 Å². The zero-order valence-corrected chi connectivity index (χ0v) is 26.0. The number of aliphatic hydroxyl groups excluding tert-OH is 1. The summed E-state index contributed by atoms with van der Waals surface area (Å²) in [5.41, 5.74) is 0.265. The summed E-state index contributed by atoms with van der Waals surface area (Å²) in [6, 6.07) is 7.08. The molecule has 1 aromatic carbocycles. The number of β-lactam (4-membered cyclic amide) rings is 1. The second kappa shape index (κ2) is 13.4. The molecule has 2 amide bonds. The predicted octanol–water partition coefficient (Wildman–Crippen LogP) is -8.59. The molecule has 14 nitrogen and oxygen atoms in total. The van der Waals surface area contributed by atoms with E-state index >= 15 is 0 Å². The van der Waals surface area contributed by atoms with Gasteiger partial charge >= 0.3 is 59.1 Å². The molecule has 0 radical (unpaired) electrons. The van der Waals surface area contributed by atoms with E-state index in [4.69, 9.17) is 0 Å². The zero-order valence-electron chi connectivity index (χ0n) is 19.5. The molecule has 3 heterocycles. The maximum Gasteiger partial charge on any atom is 1.00 e. The fourth-order valence-corrected chi connectivity index (χ4v) is 6.40. The number of thioether (sulfide) groups is 2. The molecule has 1 aromatic heterocycles. The molecule has 0 saturated carbocycles. The molecular weight excluding hydrogens is 570 g/mol. The van der Waals surface area contributed by atoms with Crippen molar-refractivity contribution < 1.29 is 96.7 Å². The van der Waals surface area contributed by atoms with Gasteiger partial charge in [0.1, 0.15) is 27.4 Å². The maximum atomic E-state index is 12.7. The number of carboxylic acids is 1. The van der Waals surface area contributed by atoms with Crippen molar-refractivity contribution in [2.24, 2.45) is 0 Å². The minimum atomic E-state index is -4.66. The smallest absolute Gasteiger partial charge is 0.747 e.